The predicted molar refractivity (Wildman–Crippen MR) is 85.8 cm³/mol. The van der Waals surface area contributed by atoms with Crippen LogP contribution in [0.2, 0.25) is 5.02 Å². The Bertz CT molecular complexity index is 599. The maximum absolute atomic E-state index is 5.95. The molecule has 2 aromatic rings. The molecule has 0 aliphatic heterocycles. The van der Waals surface area contributed by atoms with Gasteiger partial charge in [-0.05, 0) is 57.5 Å². The summed E-state index contributed by atoms with van der Waals surface area (Å²) in [5, 5.41) is 4.14. The summed E-state index contributed by atoms with van der Waals surface area (Å²) in [4.78, 5) is 0. The van der Waals surface area contributed by atoms with E-state index in [-0.39, 0.29) is 5.54 Å². The first-order valence-corrected chi connectivity index (χ1v) is 7.42. The molecule has 0 saturated heterocycles. The minimum atomic E-state index is 0.0533. The maximum Gasteiger partial charge on any atom is 0.124 e. The lowest BCUT2D eigenvalue weighted by Crippen LogP contribution is -2.35. The molecule has 0 aliphatic carbocycles. The first-order chi connectivity index (χ1) is 9.85. The standard InChI is InChI=1S/C17H22ClNO2/c1-12-9-14(18)5-6-15(12)21-11-13-7-8-20-16(13)10-19-17(2,3)4/h5-9,19H,10-11H2,1-4H3. The van der Waals surface area contributed by atoms with E-state index < -0.39 is 0 Å². The quantitative estimate of drug-likeness (QED) is 0.868. The Morgan fingerprint density at radius 2 is 2.00 bits per heavy atom. The number of ether oxygens (including phenoxy) is 1. The van der Waals surface area contributed by atoms with Crippen molar-refractivity contribution >= 4 is 11.6 Å². The predicted octanol–water partition coefficient (Wildman–Crippen LogP) is 4.71. The van der Waals surface area contributed by atoms with E-state index in [9.17, 15) is 0 Å². The van der Waals surface area contributed by atoms with Crippen LogP contribution < -0.4 is 10.1 Å². The summed E-state index contributed by atoms with van der Waals surface area (Å²) >= 11 is 5.95. The highest BCUT2D eigenvalue weighted by Crippen LogP contribution is 2.23. The lowest BCUT2D eigenvalue weighted by molar-refractivity contribution is 0.297. The fraction of sp³-hybridized carbons (Fsp3) is 0.412. The van der Waals surface area contributed by atoms with E-state index in [4.69, 9.17) is 20.8 Å². The topological polar surface area (TPSA) is 34.4 Å². The van der Waals surface area contributed by atoms with Crippen LogP contribution in [0.5, 0.6) is 5.75 Å². The maximum atomic E-state index is 5.95. The zero-order valence-electron chi connectivity index (χ0n) is 13.0. The number of hydrogen-bond acceptors (Lipinski definition) is 3. The minimum absolute atomic E-state index is 0.0533. The van der Waals surface area contributed by atoms with Gasteiger partial charge in [-0.1, -0.05) is 11.6 Å². The fourth-order valence-corrected chi connectivity index (χ4v) is 2.15. The summed E-state index contributed by atoms with van der Waals surface area (Å²) in [6.45, 7) is 9.54. The summed E-state index contributed by atoms with van der Waals surface area (Å²) < 4.78 is 11.4. The molecule has 1 aromatic heterocycles. The molecule has 1 N–H and O–H groups in total. The fourth-order valence-electron chi connectivity index (χ4n) is 1.93. The third kappa shape index (κ3) is 4.80. The number of aryl methyl sites for hydroxylation is 1. The van der Waals surface area contributed by atoms with Gasteiger partial charge < -0.3 is 14.5 Å². The van der Waals surface area contributed by atoms with Crippen molar-refractivity contribution in [2.45, 2.75) is 46.4 Å². The Labute approximate surface area is 131 Å². The van der Waals surface area contributed by atoms with Crippen LogP contribution in [0.1, 0.15) is 37.7 Å². The van der Waals surface area contributed by atoms with Crippen molar-refractivity contribution in [3.63, 3.8) is 0 Å². The zero-order chi connectivity index (χ0) is 15.5. The molecule has 0 saturated carbocycles. The second-order valence-corrected chi connectivity index (χ2v) is 6.61. The smallest absolute Gasteiger partial charge is 0.124 e. The highest BCUT2D eigenvalue weighted by atomic mass is 35.5. The van der Waals surface area contributed by atoms with Gasteiger partial charge in [0, 0.05) is 16.1 Å². The number of nitrogens with one attached hydrogen (secondary N) is 1. The summed E-state index contributed by atoms with van der Waals surface area (Å²) in [5.41, 5.74) is 2.14. The van der Waals surface area contributed by atoms with Crippen LogP contribution in [0.4, 0.5) is 0 Å². The molecule has 0 amide bonds. The Morgan fingerprint density at radius 3 is 2.67 bits per heavy atom. The average molecular weight is 308 g/mol. The van der Waals surface area contributed by atoms with Crippen molar-refractivity contribution in [1.82, 2.24) is 5.32 Å². The molecule has 1 heterocycles. The van der Waals surface area contributed by atoms with Gasteiger partial charge in [0.25, 0.3) is 0 Å². The van der Waals surface area contributed by atoms with E-state index in [1.807, 2.05) is 31.2 Å². The zero-order valence-corrected chi connectivity index (χ0v) is 13.8. The van der Waals surface area contributed by atoms with Crippen molar-refractivity contribution in [3.05, 3.63) is 52.4 Å². The van der Waals surface area contributed by atoms with Gasteiger partial charge in [0.05, 0.1) is 12.8 Å². The lowest BCUT2D eigenvalue weighted by Gasteiger charge is -2.20. The molecule has 21 heavy (non-hydrogen) atoms. The minimum Gasteiger partial charge on any atom is -0.489 e. The van der Waals surface area contributed by atoms with Crippen molar-refractivity contribution in [2.75, 3.05) is 0 Å². The molecule has 3 nitrogen and oxygen atoms in total. The molecule has 0 fully saturated rings. The van der Waals surface area contributed by atoms with E-state index in [2.05, 4.69) is 26.1 Å². The van der Waals surface area contributed by atoms with E-state index in [0.29, 0.717) is 13.2 Å². The van der Waals surface area contributed by atoms with Crippen molar-refractivity contribution in [2.24, 2.45) is 0 Å². The Hall–Kier alpha value is -1.45. The van der Waals surface area contributed by atoms with Gasteiger partial charge in [0.2, 0.25) is 0 Å². The van der Waals surface area contributed by atoms with Gasteiger partial charge >= 0.3 is 0 Å². The Balaban J connectivity index is 1.99. The number of benzene rings is 1. The van der Waals surface area contributed by atoms with Gasteiger partial charge in [-0.25, -0.2) is 0 Å². The molecule has 114 valence electrons. The van der Waals surface area contributed by atoms with Gasteiger partial charge in [-0.2, -0.15) is 0 Å². The van der Waals surface area contributed by atoms with E-state index in [1.165, 1.54) is 0 Å². The third-order valence-corrected chi connectivity index (χ3v) is 3.37. The first-order valence-electron chi connectivity index (χ1n) is 7.04. The molecule has 0 spiro atoms. The van der Waals surface area contributed by atoms with Crippen molar-refractivity contribution in [1.29, 1.82) is 0 Å². The van der Waals surface area contributed by atoms with Crippen LogP contribution in [0.3, 0.4) is 0 Å². The number of hydrogen-bond donors (Lipinski definition) is 1. The van der Waals surface area contributed by atoms with Gasteiger partial charge in [-0.15, -0.1) is 0 Å². The number of furan rings is 1. The highest BCUT2D eigenvalue weighted by molar-refractivity contribution is 6.30. The Morgan fingerprint density at radius 1 is 1.24 bits per heavy atom. The summed E-state index contributed by atoms with van der Waals surface area (Å²) in [6, 6.07) is 7.57. The molecule has 2 rings (SSSR count). The molecule has 0 atom stereocenters. The molecule has 4 heteroatoms. The van der Waals surface area contributed by atoms with E-state index >= 15 is 0 Å². The second kappa shape index (κ2) is 6.54. The van der Waals surface area contributed by atoms with Crippen LogP contribution in [0.25, 0.3) is 0 Å². The summed E-state index contributed by atoms with van der Waals surface area (Å²) in [7, 11) is 0. The molecule has 0 bridgehead atoms. The monoisotopic (exact) mass is 307 g/mol. The third-order valence-electron chi connectivity index (χ3n) is 3.14. The normalized spacial score (nSPS) is 11.7. The molecule has 0 unspecified atom stereocenters. The lowest BCUT2D eigenvalue weighted by atomic mass is 10.1. The van der Waals surface area contributed by atoms with Gasteiger partial charge in [0.15, 0.2) is 0 Å². The number of rotatable bonds is 5. The van der Waals surface area contributed by atoms with E-state index in [1.54, 1.807) is 6.26 Å². The van der Waals surface area contributed by atoms with Gasteiger partial charge in [-0.3, -0.25) is 0 Å². The Kier molecular flexibility index (Phi) is 4.96. The van der Waals surface area contributed by atoms with Crippen LogP contribution in [0, 0.1) is 6.92 Å². The number of halogens is 1. The van der Waals surface area contributed by atoms with Crippen LogP contribution >= 0.6 is 11.6 Å². The van der Waals surface area contributed by atoms with Crippen LogP contribution in [-0.4, -0.2) is 5.54 Å². The van der Waals surface area contributed by atoms with Crippen LogP contribution in [-0.2, 0) is 13.2 Å². The second-order valence-electron chi connectivity index (χ2n) is 6.17. The SMILES string of the molecule is Cc1cc(Cl)ccc1OCc1ccoc1CNC(C)(C)C. The first kappa shape index (κ1) is 15.9. The van der Waals surface area contributed by atoms with Crippen molar-refractivity contribution in [3.8, 4) is 5.75 Å². The molecule has 0 aliphatic rings. The molecule has 0 radical (unpaired) electrons. The summed E-state index contributed by atoms with van der Waals surface area (Å²) in [5.74, 6) is 1.76. The molecular formula is C17H22ClNO2. The van der Waals surface area contributed by atoms with Crippen molar-refractivity contribution < 1.29 is 9.15 Å². The molecular weight excluding hydrogens is 286 g/mol. The van der Waals surface area contributed by atoms with E-state index in [0.717, 1.165) is 27.7 Å². The highest BCUT2D eigenvalue weighted by Gasteiger charge is 2.13. The van der Waals surface area contributed by atoms with Gasteiger partial charge in [0.1, 0.15) is 18.1 Å². The average Bonchev–Trinajstić information content (AvgIpc) is 2.82. The summed E-state index contributed by atoms with van der Waals surface area (Å²) in [6.07, 6.45) is 1.70. The molecule has 1 aromatic carbocycles. The largest absolute Gasteiger partial charge is 0.489 e. The van der Waals surface area contributed by atoms with Crippen LogP contribution in [0.15, 0.2) is 34.9 Å².